The molecule has 2 rings (SSSR count). The molecule has 0 unspecified atom stereocenters. The SMILES string of the molecule is CC(C)(C)c1ccccc1OCc1ccco1. The molecule has 1 aromatic heterocycles. The predicted molar refractivity (Wildman–Crippen MR) is 68.2 cm³/mol. The first-order valence-corrected chi connectivity index (χ1v) is 5.82. The van der Waals surface area contributed by atoms with E-state index in [1.165, 1.54) is 5.56 Å². The van der Waals surface area contributed by atoms with Gasteiger partial charge >= 0.3 is 0 Å². The maximum Gasteiger partial charge on any atom is 0.146 e. The second kappa shape index (κ2) is 4.66. The zero-order valence-corrected chi connectivity index (χ0v) is 10.6. The van der Waals surface area contributed by atoms with Crippen LogP contribution in [0.5, 0.6) is 5.75 Å². The summed E-state index contributed by atoms with van der Waals surface area (Å²) in [6, 6.07) is 11.9. The van der Waals surface area contributed by atoms with E-state index < -0.39 is 0 Å². The van der Waals surface area contributed by atoms with Crippen molar-refractivity contribution in [3.05, 3.63) is 54.0 Å². The van der Waals surface area contributed by atoms with Gasteiger partial charge in [-0.2, -0.15) is 0 Å². The van der Waals surface area contributed by atoms with Crippen LogP contribution in [-0.2, 0) is 12.0 Å². The monoisotopic (exact) mass is 230 g/mol. The van der Waals surface area contributed by atoms with Crippen molar-refractivity contribution in [2.24, 2.45) is 0 Å². The van der Waals surface area contributed by atoms with Crippen molar-refractivity contribution in [1.82, 2.24) is 0 Å². The minimum atomic E-state index is 0.0831. The highest BCUT2D eigenvalue weighted by Crippen LogP contribution is 2.31. The minimum Gasteiger partial charge on any atom is -0.485 e. The van der Waals surface area contributed by atoms with Gasteiger partial charge in [0.05, 0.1) is 6.26 Å². The molecule has 2 heteroatoms. The third-order valence-corrected chi connectivity index (χ3v) is 2.65. The molecular formula is C15H18O2. The van der Waals surface area contributed by atoms with Crippen LogP contribution in [0.4, 0.5) is 0 Å². The molecule has 0 aliphatic heterocycles. The van der Waals surface area contributed by atoms with Crippen LogP contribution in [0, 0.1) is 0 Å². The fourth-order valence-corrected chi connectivity index (χ4v) is 1.76. The van der Waals surface area contributed by atoms with Crippen LogP contribution in [0.1, 0.15) is 32.1 Å². The lowest BCUT2D eigenvalue weighted by Crippen LogP contribution is -2.13. The Morgan fingerprint density at radius 2 is 1.82 bits per heavy atom. The van der Waals surface area contributed by atoms with E-state index in [0.29, 0.717) is 6.61 Å². The highest BCUT2D eigenvalue weighted by atomic mass is 16.5. The zero-order valence-electron chi connectivity index (χ0n) is 10.6. The molecule has 1 heterocycles. The Morgan fingerprint density at radius 3 is 2.47 bits per heavy atom. The van der Waals surface area contributed by atoms with Crippen LogP contribution < -0.4 is 4.74 Å². The van der Waals surface area contributed by atoms with E-state index in [0.717, 1.165) is 11.5 Å². The summed E-state index contributed by atoms with van der Waals surface area (Å²) in [4.78, 5) is 0. The summed E-state index contributed by atoms with van der Waals surface area (Å²) in [7, 11) is 0. The van der Waals surface area contributed by atoms with Gasteiger partial charge in [0, 0.05) is 0 Å². The van der Waals surface area contributed by atoms with Crippen molar-refractivity contribution in [2.45, 2.75) is 32.8 Å². The second-order valence-electron chi connectivity index (χ2n) is 5.11. The van der Waals surface area contributed by atoms with Crippen LogP contribution in [-0.4, -0.2) is 0 Å². The van der Waals surface area contributed by atoms with Crippen LogP contribution in [0.3, 0.4) is 0 Å². The quantitative estimate of drug-likeness (QED) is 0.790. The van der Waals surface area contributed by atoms with E-state index in [2.05, 4.69) is 26.8 Å². The first-order valence-electron chi connectivity index (χ1n) is 5.82. The Bertz CT molecular complexity index is 464. The van der Waals surface area contributed by atoms with Crippen molar-refractivity contribution in [1.29, 1.82) is 0 Å². The van der Waals surface area contributed by atoms with Gasteiger partial charge < -0.3 is 9.15 Å². The predicted octanol–water partition coefficient (Wildman–Crippen LogP) is 4.16. The lowest BCUT2D eigenvalue weighted by molar-refractivity contribution is 0.264. The van der Waals surface area contributed by atoms with Crippen molar-refractivity contribution < 1.29 is 9.15 Å². The van der Waals surface area contributed by atoms with Gasteiger partial charge in [-0.25, -0.2) is 0 Å². The number of ether oxygens (including phenoxy) is 1. The highest BCUT2D eigenvalue weighted by Gasteiger charge is 2.18. The summed E-state index contributed by atoms with van der Waals surface area (Å²) in [5.74, 6) is 1.77. The Labute approximate surface area is 102 Å². The first kappa shape index (κ1) is 11.8. The highest BCUT2D eigenvalue weighted by molar-refractivity contribution is 5.38. The van der Waals surface area contributed by atoms with E-state index >= 15 is 0 Å². The van der Waals surface area contributed by atoms with Gasteiger partial charge in [-0.3, -0.25) is 0 Å². The van der Waals surface area contributed by atoms with E-state index in [9.17, 15) is 0 Å². The van der Waals surface area contributed by atoms with Crippen molar-refractivity contribution in [3.8, 4) is 5.75 Å². The Morgan fingerprint density at radius 1 is 1.06 bits per heavy atom. The van der Waals surface area contributed by atoms with Crippen molar-refractivity contribution in [3.63, 3.8) is 0 Å². The minimum absolute atomic E-state index is 0.0831. The summed E-state index contributed by atoms with van der Waals surface area (Å²) < 4.78 is 11.1. The molecule has 0 saturated heterocycles. The van der Waals surface area contributed by atoms with Crippen LogP contribution in [0.15, 0.2) is 47.1 Å². The molecule has 17 heavy (non-hydrogen) atoms. The molecule has 0 bridgehead atoms. The van der Waals surface area contributed by atoms with Gasteiger partial charge in [-0.1, -0.05) is 39.0 Å². The molecule has 0 amide bonds. The number of hydrogen-bond donors (Lipinski definition) is 0. The van der Waals surface area contributed by atoms with E-state index in [1.807, 2.05) is 30.3 Å². The summed E-state index contributed by atoms with van der Waals surface area (Å²) >= 11 is 0. The number of furan rings is 1. The topological polar surface area (TPSA) is 22.4 Å². The largest absolute Gasteiger partial charge is 0.485 e. The lowest BCUT2D eigenvalue weighted by atomic mass is 9.86. The maximum absolute atomic E-state index is 5.81. The molecule has 0 atom stereocenters. The normalized spacial score (nSPS) is 11.5. The Balaban J connectivity index is 2.16. The Hall–Kier alpha value is -1.70. The van der Waals surface area contributed by atoms with Gasteiger partial charge in [0.25, 0.3) is 0 Å². The maximum atomic E-state index is 5.81. The molecule has 0 spiro atoms. The molecule has 0 aliphatic rings. The van der Waals surface area contributed by atoms with Crippen molar-refractivity contribution in [2.75, 3.05) is 0 Å². The molecule has 0 fully saturated rings. The van der Waals surface area contributed by atoms with Crippen LogP contribution in [0.2, 0.25) is 0 Å². The van der Waals surface area contributed by atoms with Gasteiger partial charge in [0.2, 0.25) is 0 Å². The smallest absolute Gasteiger partial charge is 0.146 e. The van der Waals surface area contributed by atoms with Gasteiger partial charge in [-0.05, 0) is 29.2 Å². The third-order valence-electron chi connectivity index (χ3n) is 2.65. The molecule has 2 aromatic rings. The summed E-state index contributed by atoms with van der Waals surface area (Å²) in [5, 5.41) is 0. The van der Waals surface area contributed by atoms with Crippen LogP contribution in [0.25, 0.3) is 0 Å². The average Bonchev–Trinajstić information content (AvgIpc) is 2.78. The third kappa shape index (κ3) is 2.90. The summed E-state index contributed by atoms with van der Waals surface area (Å²) in [5.41, 5.74) is 1.30. The standard InChI is InChI=1S/C15H18O2/c1-15(2,3)13-8-4-5-9-14(13)17-11-12-7-6-10-16-12/h4-10H,11H2,1-3H3. The fourth-order valence-electron chi connectivity index (χ4n) is 1.76. The molecule has 2 nitrogen and oxygen atoms in total. The summed E-state index contributed by atoms with van der Waals surface area (Å²) in [6.45, 7) is 7.02. The molecule has 0 radical (unpaired) electrons. The van der Waals surface area contributed by atoms with E-state index in [-0.39, 0.29) is 5.41 Å². The molecule has 0 N–H and O–H groups in total. The average molecular weight is 230 g/mol. The molecule has 90 valence electrons. The number of para-hydroxylation sites is 1. The number of rotatable bonds is 3. The molecular weight excluding hydrogens is 212 g/mol. The van der Waals surface area contributed by atoms with Gasteiger partial charge in [0.1, 0.15) is 18.1 Å². The van der Waals surface area contributed by atoms with Crippen molar-refractivity contribution >= 4 is 0 Å². The van der Waals surface area contributed by atoms with Crippen LogP contribution >= 0.6 is 0 Å². The molecule has 0 saturated carbocycles. The van der Waals surface area contributed by atoms with E-state index in [1.54, 1.807) is 6.26 Å². The van der Waals surface area contributed by atoms with E-state index in [4.69, 9.17) is 9.15 Å². The van der Waals surface area contributed by atoms with Gasteiger partial charge in [-0.15, -0.1) is 0 Å². The zero-order chi connectivity index (χ0) is 12.3. The van der Waals surface area contributed by atoms with Gasteiger partial charge in [0.15, 0.2) is 0 Å². The summed E-state index contributed by atoms with van der Waals surface area (Å²) in [6.07, 6.45) is 1.66. The number of benzene rings is 1. The second-order valence-corrected chi connectivity index (χ2v) is 5.11. The molecule has 1 aromatic carbocycles. The first-order chi connectivity index (χ1) is 8.07. The molecule has 0 aliphatic carbocycles. The number of hydrogen-bond acceptors (Lipinski definition) is 2. The fraction of sp³-hybridized carbons (Fsp3) is 0.333. The lowest BCUT2D eigenvalue weighted by Gasteiger charge is -2.22. The Kier molecular flexibility index (Phi) is 3.23.